The minimum absolute atomic E-state index is 0.0369. The molecule has 4 aliphatic rings. The normalized spacial score (nSPS) is 22.3. The average Bonchev–Trinajstić information content (AvgIpc) is 3.44. The summed E-state index contributed by atoms with van der Waals surface area (Å²) in [6, 6.07) is 21.1. The number of halogens is 3. The van der Waals surface area contributed by atoms with E-state index < -0.39 is 46.9 Å². The molecule has 0 bridgehead atoms. The average molecular weight is 750 g/mol. The lowest BCUT2D eigenvalue weighted by atomic mass is 9.87. The molecular formula is C43H42F3N5O4. The number of carbonyl (C=O) groups is 2. The van der Waals surface area contributed by atoms with Crippen molar-refractivity contribution in [3.8, 4) is 22.5 Å². The van der Waals surface area contributed by atoms with Gasteiger partial charge in [0.15, 0.2) is 11.5 Å². The maximum Gasteiger partial charge on any atom is 0.309 e. The molecule has 5 aromatic rings. The fourth-order valence-electron chi connectivity index (χ4n) is 8.98. The molecule has 0 spiro atoms. The van der Waals surface area contributed by atoms with E-state index in [0.29, 0.717) is 43.6 Å². The van der Waals surface area contributed by atoms with Crippen LogP contribution in [0, 0.1) is 29.3 Å². The molecule has 0 radical (unpaired) electrons. The number of aliphatic carboxylic acids is 1. The molecule has 4 atom stereocenters. The molecule has 1 amide bonds. The Morgan fingerprint density at radius 2 is 1.73 bits per heavy atom. The monoisotopic (exact) mass is 749 g/mol. The zero-order valence-corrected chi connectivity index (χ0v) is 30.4. The lowest BCUT2D eigenvalue weighted by Gasteiger charge is -2.41. The van der Waals surface area contributed by atoms with Crippen molar-refractivity contribution >= 4 is 17.6 Å². The molecule has 9 rings (SSSR count). The number of pyridine rings is 1. The van der Waals surface area contributed by atoms with Gasteiger partial charge in [0.1, 0.15) is 17.5 Å². The number of hydrogen-bond donors (Lipinski definition) is 3. The third-order valence-electron chi connectivity index (χ3n) is 12.0. The van der Waals surface area contributed by atoms with E-state index >= 15 is 0 Å². The van der Waals surface area contributed by atoms with Gasteiger partial charge in [-0.15, -0.1) is 0 Å². The number of fused-ring (bicyclic) bond motifs is 3. The first-order valence-corrected chi connectivity index (χ1v) is 18.8. The quantitative estimate of drug-likeness (QED) is 0.141. The van der Waals surface area contributed by atoms with Crippen LogP contribution in [0.3, 0.4) is 0 Å². The number of aromatic nitrogens is 2. The van der Waals surface area contributed by atoms with Crippen molar-refractivity contribution in [2.75, 3.05) is 18.8 Å². The smallest absolute Gasteiger partial charge is 0.309 e. The molecule has 2 saturated carbocycles. The number of piperidine rings is 1. The summed E-state index contributed by atoms with van der Waals surface area (Å²) in [5, 5.41) is 16.0. The van der Waals surface area contributed by atoms with Gasteiger partial charge in [0.25, 0.3) is 5.91 Å². The van der Waals surface area contributed by atoms with Gasteiger partial charge in [-0.2, -0.15) is 0 Å². The maximum absolute atomic E-state index is 14.0. The zero-order valence-electron chi connectivity index (χ0n) is 30.4. The summed E-state index contributed by atoms with van der Waals surface area (Å²) >= 11 is 0. The predicted molar refractivity (Wildman–Crippen MR) is 201 cm³/mol. The molecule has 55 heavy (non-hydrogen) atoms. The van der Waals surface area contributed by atoms with Crippen LogP contribution in [0.15, 0.2) is 83.5 Å². The number of anilines is 1. The Labute approximate surface area is 316 Å². The third-order valence-corrected chi connectivity index (χ3v) is 12.0. The Bertz CT molecular complexity index is 2240. The van der Waals surface area contributed by atoms with Crippen molar-refractivity contribution in [3.63, 3.8) is 0 Å². The minimum atomic E-state index is -1.19. The van der Waals surface area contributed by atoms with E-state index in [0.717, 1.165) is 56.0 Å². The molecule has 9 nitrogen and oxygen atoms in total. The van der Waals surface area contributed by atoms with E-state index in [1.54, 1.807) is 0 Å². The van der Waals surface area contributed by atoms with Gasteiger partial charge in [-0.05, 0) is 78.0 Å². The summed E-state index contributed by atoms with van der Waals surface area (Å²) in [5.74, 6) is -5.82. The Balaban J connectivity index is 0.000000163. The predicted octanol–water partition coefficient (Wildman–Crippen LogP) is 7.77. The fraction of sp³-hybridized carbons (Fsp3) is 0.349. The Morgan fingerprint density at radius 1 is 0.964 bits per heavy atom. The summed E-state index contributed by atoms with van der Waals surface area (Å²) in [6.07, 6.45) is 8.87. The van der Waals surface area contributed by atoms with Gasteiger partial charge in [-0.3, -0.25) is 19.5 Å². The van der Waals surface area contributed by atoms with Crippen molar-refractivity contribution in [1.82, 2.24) is 20.4 Å². The second kappa shape index (κ2) is 14.6. The highest BCUT2D eigenvalue weighted by atomic mass is 19.1. The van der Waals surface area contributed by atoms with Gasteiger partial charge in [0, 0.05) is 67.1 Å². The van der Waals surface area contributed by atoms with E-state index in [4.69, 9.17) is 10.3 Å². The summed E-state index contributed by atoms with van der Waals surface area (Å²) in [6.45, 7) is 3.18. The molecular weight excluding hydrogens is 707 g/mol. The van der Waals surface area contributed by atoms with E-state index in [9.17, 15) is 27.9 Å². The molecule has 1 saturated heterocycles. The van der Waals surface area contributed by atoms with Gasteiger partial charge in [-0.25, -0.2) is 13.2 Å². The van der Waals surface area contributed by atoms with Crippen LogP contribution in [0.5, 0.6) is 0 Å². The number of nitrogens with one attached hydrogen (secondary N) is 1. The number of likely N-dealkylation sites (tertiary alicyclic amines) is 1. The van der Waals surface area contributed by atoms with Crippen LogP contribution in [0.1, 0.15) is 78.3 Å². The highest BCUT2D eigenvalue weighted by Crippen LogP contribution is 2.56. The fourth-order valence-corrected chi connectivity index (χ4v) is 8.98. The van der Waals surface area contributed by atoms with Crippen molar-refractivity contribution < 1.29 is 32.4 Å². The summed E-state index contributed by atoms with van der Waals surface area (Å²) < 4.78 is 46.0. The molecule has 0 unspecified atom stereocenters. The maximum atomic E-state index is 14.0. The molecule has 3 heterocycles. The second-order valence-electron chi connectivity index (χ2n) is 15.3. The standard InChI is InChI=1S/C22H24F3N3O4.C21H18N2/c1-11-3-2-4-18(11)28-6-5-16(13(10-28)22(30)31)26-21(29)17-9-19(32-27-17)20-14(24)7-12(23)8-15(20)25;22-20-17-13-14-5-1-2-6-15(14)16(17)8-9-18(20)21(10-11-21)19-7-3-4-12-23-19/h7-9,11,13,16,18H,2-6,10H2,1H3,(H,26,29)(H,30,31);1-9,12H,10-11,13,22H2/t11-,13-,16-,18+;/m0./s1. The molecule has 3 aliphatic carbocycles. The number of amides is 1. The van der Waals surface area contributed by atoms with Gasteiger partial charge >= 0.3 is 5.97 Å². The second-order valence-corrected chi connectivity index (χ2v) is 15.3. The number of nitrogens with two attached hydrogens (primary N) is 1. The highest BCUT2D eigenvalue weighted by Gasteiger charge is 2.49. The number of nitrogens with zero attached hydrogens (tertiary/aromatic N) is 3. The van der Waals surface area contributed by atoms with Crippen molar-refractivity contribution in [3.05, 3.63) is 125 Å². The lowest BCUT2D eigenvalue weighted by molar-refractivity contribution is -0.145. The Morgan fingerprint density at radius 3 is 2.42 bits per heavy atom. The van der Waals surface area contributed by atoms with Gasteiger partial charge in [0.05, 0.1) is 17.2 Å². The number of rotatable bonds is 7. The first kappa shape index (κ1) is 36.5. The van der Waals surface area contributed by atoms with Crippen molar-refractivity contribution in [2.24, 2.45) is 11.8 Å². The molecule has 3 aromatic carbocycles. The first-order valence-electron chi connectivity index (χ1n) is 18.8. The largest absolute Gasteiger partial charge is 0.481 e. The molecule has 3 fully saturated rings. The third kappa shape index (κ3) is 6.88. The van der Waals surface area contributed by atoms with Crippen LogP contribution in [0.4, 0.5) is 18.9 Å². The molecule has 1 aliphatic heterocycles. The molecule has 4 N–H and O–H groups in total. The Kier molecular flexibility index (Phi) is 9.71. The summed E-state index contributed by atoms with van der Waals surface area (Å²) in [5.41, 5.74) is 14.5. The van der Waals surface area contributed by atoms with Crippen LogP contribution in [0.25, 0.3) is 22.5 Å². The zero-order chi connectivity index (χ0) is 38.4. The number of carboxylic acids is 1. The first-order chi connectivity index (χ1) is 26.5. The molecule has 12 heteroatoms. The van der Waals surface area contributed by atoms with E-state index in [1.165, 1.54) is 27.8 Å². The van der Waals surface area contributed by atoms with Gasteiger partial charge < -0.3 is 20.7 Å². The van der Waals surface area contributed by atoms with E-state index in [2.05, 4.69) is 75.8 Å². The van der Waals surface area contributed by atoms with Crippen LogP contribution >= 0.6 is 0 Å². The van der Waals surface area contributed by atoms with Crippen LogP contribution in [0.2, 0.25) is 0 Å². The summed E-state index contributed by atoms with van der Waals surface area (Å²) in [4.78, 5) is 31.4. The number of carboxylic acid groups (broad SMARTS) is 1. The van der Waals surface area contributed by atoms with E-state index in [-0.39, 0.29) is 16.9 Å². The van der Waals surface area contributed by atoms with Crippen LogP contribution in [-0.2, 0) is 16.6 Å². The lowest BCUT2D eigenvalue weighted by Crippen LogP contribution is -2.56. The van der Waals surface area contributed by atoms with Crippen molar-refractivity contribution in [1.29, 1.82) is 0 Å². The number of hydrogen-bond acceptors (Lipinski definition) is 7. The topological polar surface area (TPSA) is 135 Å². The Hall–Kier alpha value is -5.49. The summed E-state index contributed by atoms with van der Waals surface area (Å²) in [7, 11) is 0. The minimum Gasteiger partial charge on any atom is -0.481 e. The highest BCUT2D eigenvalue weighted by molar-refractivity contribution is 5.93. The van der Waals surface area contributed by atoms with Crippen LogP contribution in [-0.4, -0.2) is 57.2 Å². The number of carbonyl (C=O) groups excluding carboxylic acids is 1. The van der Waals surface area contributed by atoms with Crippen LogP contribution < -0.4 is 11.1 Å². The molecule has 2 aromatic heterocycles. The number of nitrogen functional groups attached to an aromatic ring is 1. The SMILES string of the molecule is C[C@H]1CCC[C@H]1N1CC[C@H](NC(=O)c2cc(-c3c(F)cc(F)cc3F)on2)[C@@H](C(=O)O)C1.Nc1c(C2(c3ccccn3)CC2)ccc2c1Cc1ccccc1-2. The van der Waals surface area contributed by atoms with Gasteiger partial charge in [-0.1, -0.05) is 61.0 Å². The van der Waals surface area contributed by atoms with E-state index in [1.807, 2.05) is 12.3 Å². The van der Waals surface area contributed by atoms with Crippen molar-refractivity contribution in [2.45, 2.75) is 69.4 Å². The number of benzene rings is 3. The molecule has 284 valence electrons. The van der Waals surface area contributed by atoms with Gasteiger partial charge in [0.2, 0.25) is 0 Å².